The minimum absolute atomic E-state index is 0.226. The molecule has 8 heteroatoms. The number of ether oxygens (including phenoxy) is 1. The number of piperazine rings is 1. The molecule has 3 aromatic carbocycles. The van der Waals surface area contributed by atoms with Gasteiger partial charge in [-0.25, -0.2) is 4.39 Å². The van der Waals surface area contributed by atoms with Gasteiger partial charge in [-0.2, -0.15) is 9.97 Å². The van der Waals surface area contributed by atoms with E-state index in [1.165, 1.54) is 0 Å². The molecule has 3 aliphatic rings. The fourth-order valence-electron chi connectivity index (χ4n) is 6.49. The summed E-state index contributed by atoms with van der Waals surface area (Å²) in [6, 6.07) is 17.0. The predicted octanol–water partition coefficient (Wildman–Crippen LogP) is 5.66. The standard InChI is InChI=1S/C30H31ClFN5O/c1-36-13-5-8-21(36)17-38-30-34-28-24(29(35-30)37-15-19-11-12-20(16-37)33-19)14-25(31)26(27(28)32)23-10-4-7-18-6-2-3-9-22(18)23/h2-4,6-7,9-10,14,19-21,33H,5,8,11-13,15-17H2,1H3/t19?,20?,21-/m0/s1. The number of benzene rings is 3. The quantitative estimate of drug-likeness (QED) is 0.359. The van der Waals surface area contributed by atoms with Crippen molar-refractivity contribution in [2.75, 3.05) is 38.2 Å². The summed E-state index contributed by atoms with van der Waals surface area (Å²) in [5.74, 6) is 0.266. The number of anilines is 1. The molecule has 0 amide bonds. The van der Waals surface area contributed by atoms with Crippen molar-refractivity contribution in [3.05, 3.63) is 59.4 Å². The molecule has 3 atom stereocenters. The van der Waals surface area contributed by atoms with Crippen LogP contribution in [-0.2, 0) is 0 Å². The van der Waals surface area contributed by atoms with Crippen LogP contribution in [0.2, 0.25) is 5.02 Å². The Morgan fingerprint density at radius 1 is 1.03 bits per heavy atom. The van der Waals surface area contributed by atoms with Crippen LogP contribution >= 0.6 is 11.6 Å². The topological polar surface area (TPSA) is 53.5 Å². The normalized spacial score (nSPS) is 23.6. The lowest BCUT2D eigenvalue weighted by Gasteiger charge is -2.34. The van der Waals surface area contributed by atoms with Crippen LogP contribution in [0.5, 0.6) is 6.01 Å². The van der Waals surface area contributed by atoms with Gasteiger partial charge in [0.1, 0.15) is 17.9 Å². The molecule has 4 heterocycles. The minimum Gasteiger partial charge on any atom is -0.462 e. The second-order valence-corrected chi connectivity index (χ2v) is 11.3. The van der Waals surface area contributed by atoms with E-state index in [1.807, 2.05) is 48.5 Å². The lowest BCUT2D eigenvalue weighted by Crippen LogP contribution is -2.51. The highest BCUT2D eigenvalue weighted by Gasteiger charge is 2.34. The summed E-state index contributed by atoms with van der Waals surface area (Å²) in [6.45, 7) is 3.18. The molecule has 0 saturated carbocycles. The van der Waals surface area contributed by atoms with E-state index in [4.69, 9.17) is 21.3 Å². The monoisotopic (exact) mass is 531 g/mol. The number of nitrogens with zero attached hydrogens (tertiary/aromatic N) is 4. The van der Waals surface area contributed by atoms with Gasteiger partial charge in [0.05, 0.1) is 5.02 Å². The molecule has 2 unspecified atom stereocenters. The van der Waals surface area contributed by atoms with E-state index >= 15 is 4.39 Å². The van der Waals surface area contributed by atoms with Crippen LogP contribution in [-0.4, -0.2) is 66.3 Å². The first-order chi connectivity index (χ1) is 18.5. The van der Waals surface area contributed by atoms with Crippen molar-refractivity contribution in [3.8, 4) is 17.1 Å². The van der Waals surface area contributed by atoms with E-state index in [-0.39, 0.29) is 11.5 Å². The highest BCUT2D eigenvalue weighted by Crippen LogP contribution is 2.41. The summed E-state index contributed by atoms with van der Waals surface area (Å²) in [5, 5.41) is 6.63. The number of nitrogens with one attached hydrogen (secondary N) is 1. The molecule has 0 radical (unpaired) electrons. The van der Waals surface area contributed by atoms with Gasteiger partial charge >= 0.3 is 6.01 Å². The predicted molar refractivity (Wildman–Crippen MR) is 151 cm³/mol. The van der Waals surface area contributed by atoms with E-state index in [1.54, 1.807) is 0 Å². The maximum absolute atomic E-state index is 16.6. The zero-order chi connectivity index (χ0) is 25.8. The van der Waals surface area contributed by atoms with Gasteiger partial charge in [-0.3, -0.25) is 0 Å². The number of likely N-dealkylation sites (tertiary alicyclic amines) is 1. The summed E-state index contributed by atoms with van der Waals surface area (Å²) < 4.78 is 22.7. The second-order valence-electron chi connectivity index (χ2n) is 10.9. The van der Waals surface area contributed by atoms with Crippen LogP contribution in [0.4, 0.5) is 10.2 Å². The van der Waals surface area contributed by atoms with Crippen molar-refractivity contribution >= 4 is 39.1 Å². The summed E-state index contributed by atoms with van der Waals surface area (Å²) in [5.41, 5.74) is 1.37. The smallest absolute Gasteiger partial charge is 0.319 e. The van der Waals surface area contributed by atoms with Gasteiger partial charge in [0.2, 0.25) is 0 Å². The highest BCUT2D eigenvalue weighted by molar-refractivity contribution is 6.35. The Bertz CT molecular complexity index is 1510. The number of rotatable bonds is 5. The molecule has 7 rings (SSSR count). The molecule has 1 aromatic heterocycles. The first-order valence-corrected chi connectivity index (χ1v) is 13.9. The number of hydrogen-bond donors (Lipinski definition) is 1. The first kappa shape index (κ1) is 24.1. The molecule has 6 nitrogen and oxygen atoms in total. The Morgan fingerprint density at radius 2 is 1.82 bits per heavy atom. The van der Waals surface area contributed by atoms with Crippen molar-refractivity contribution in [2.45, 2.75) is 43.8 Å². The zero-order valence-corrected chi connectivity index (χ0v) is 22.2. The summed E-state index contributed by atoms with van der Waals surface area (Å²) in [7, 11) is 2.11. The SMILES string of the molecule is CN1CCC[C@H]1COc1nc(N2CC3CCC(C2)N3)c2cc(Cl)c(-c3cccc4ccccc34)c(F)c2n1. The molecular formula is C30H31ClFN5O. The molecule has 196 valence electrons. The molecule has 1 N–H and O–H groups in total. The van der Waals surface area contributed by atoms with Crippen LogP contribution in [0.25, 0.3) is 32.8 Å². The summed E-state index contributed by atoms with van der Waals surface area (Å²) in [4.78, 5) is 14.1. The Kier molecular flexibility index (Phi) is 6.10. The van der Waals surface area contributed by atoms with Gasteiger partial charge in [0, 0.05) is 42.2 Å². The van der Waals surface area contributed by atoms with E-state index < -0.39 is 5.82 Å². The summed E-state index contributed by atoms with van der Waals surface area (Å²) in [6.07, 6.45) is 4.51. The third-order valence-electron chi connectivity index (χ3n) is 8.49. The molecule has 0 spiro atoms. The molecule has 4 aromatic rings. The molecule has 3 fully saturated rings. The number of hydrogen-bond acceptors (Lipinski definition) is 6. The van der Waals surface area contributed by atoms with Crippen molar-refractivity contribution in [3.63, 3.8) is 0 Å². The third-order valence-corrected chi connectivity index (χ3v) is 8.79. The van der Waals surface area contributed by atoms with Crippen LogP contribution in [0.1, 0.15) is 25.7 Å². The van der Waals surface area contributed by atoms with Gasteiger partial charge in [-0.05, 0) is 61.7 Å². The maximum Gasteiger partial charge on any atom is 0.319 e. The number of halogens is 2. The van der Waals surface area contributed by atoms with Gasteiger partial charge in [-0.1, -0.05) is 54.1 Å². The van der Waals surface area contributed by atoms with Crippen molar-refractivity contribution in [2.24, 2.45) is 0 Å². The zero-order valence-electron chi connectivity index (χ0n) is 21.5. The van der Waals surface area contributed by atoms with E-state index in [2.05, 4.69) is 27.1 Å². The number of aromatic nitrogens is 2. The van der Waals surface area contributed by atoms with Gasteiger partial charge < -0.3 is 19.9 Å². The van der Waals surface area contributed by atoms with Crippen LogP contribution < -0.4 is 15.0 Å². The lowest BCUT2D eigenvalue weighted by atomic mass is 9.96. The van der Waals surface area contributed by atoms with Gasteiger partial charge in [-0.15, -0.1) is 0 Å². The molecule has 2 bridgehead atoms. The molecule has 38 heavy (non-hydrogen) atoms. The average Bonchev–Trinajstić information content (AvgIpc) is 3.50. The van der Waals surface area contributed by atoms with E-state index in [0.29, 0.717) is 46.5 Å². The fourth-order valence-corrected chi connectivity index (χ4v) is 6.78. The van der Waals surface area contributed by atoms with Crippen molar-refractivity contribution in [1.82, 2.24) is 20.2 Å². The Balaban J connectivity index is 1.38. The fraction of sp³-hybridized carbons (Fsp3) is 0.400. The second kappa shape index (κ2) is 9.63. The Morgan fingerprint density at radius 3 is 2.61 bits per heavy atom. The lowest BCUT2D eigenvalue weighted by molar-refractivity contribution is 0.188. The highest BCUT2D eigenvalue weighted by atomic mass is 35.5. The summed E-state index contributed by atoms with van der Waals surface area (Å²) >= 11 is 6.86. The minimum atomic E-state index is -0.437. The third kappa shape index (κ3) is 4.17. The Labute approximate surface area is 226 Å². The van der Waals surface area contributed by atoms with E-state index in [9.17, 15) is 0 Å². The van der Waals surface area contributed by atoms with Gasteiger partial charge in [0.15, 0.2) is 5.82 Å². The first-order valence-electron chi connectivity index (χ1n) is 13.6. The van der Waals surface area contributed by atoms with E-state index in [0.717, 1.165) is 61.7 Å². The maximum atomic E-state index is 16.6. The van der Waals surface area contributed by atoms with Crippen molar-refractivity contribution < 1.29 is 9.13 Å². The van der Waals surface area contributed by atoms with Crippen LogP contribution in [0.3, 0.4) is 0 Å². The molecular weight excluding hydrogens is 501 g/mol. The molecule has 3 aliphatic heterocycles. The number of fused-ring (bicyclic) bond motifs is 4. The Hall–Kier alpha value is -3.00. The molecule has 3 saturated heterocycles. The van der Waals surface area contributed by atoms with Crippen molar-refractivity contribution in [1.29, 1.82) is 0 Å². The van der Waals surface area contributed by atoms with Crippen LogP contribution in [0, 0.1) is 5.82 Å². The molecule has 0 aliphatic carbocycles. The van der Waals surface area contributed by atoms with Gasteiger partial charge in [0.25, 0.3) is 0 Å². The largest absolute Gasteiger partial charge is 0.462 e. The van der Waals surface area contributed by atoms with Crippen LogP contribution in [0.15, 0.2) is 48.5 Å². The number of likely N-dealkylation sites (N-methyl/N-ethyl adjacent to an activating group) is 1. The average molecular weight is 532 g/mol.